The number of hydrogen-bond acceptors (Lipinski definition) is 5. The smallest absolute Gasteiger partial charge is 0.293 e. The monoisotopic (exact) mass is 303 g/mol. The van der Waals surface area contributed by atoms with Gasteiger partial charge in [0.2, 0.25) is 5.91 Å². The Labute approximate surface area is 126 Å². The molecule has 0 aromatic carbocycles. The number of aromatic nitrogens is 1. The van der Waals surface area contributed by atoms with E-state index in [0.29, 0.717) is 24.4 Å². The van der Waals surface area contributed by atoms with Crippen LogP contribution in [0.15, 0.2) is 22.2 Å². The Balaban J connectivity index is 1.94. The molecule has 2 heterocycles. The van der Waals surface area contributed by atoms with Crippen LogP contribution in [0.25, 0.3) is 0 Å². The van der Waals surface area contributed by atoms with Gasteiger partial charge in [-0.1, -0.05) is 0 Å². The van der Waals surface area contributed by atoms with Crippen LogP contribution in [0.2, 0.25) is 0 Å². The number of amidine groups is 2. The van der Waals surface area contributed by atoms with Crippen LogP contribution in [0.4, 0.5) is 5.69 Å². The number of rotatable bonds is 5. The number of aliphatic imine (C=N–C) groups is 2. The Bertz CT molecular complexity index is 659. The molecule has 1 aromatic rings. The van der Waals surface area contributed by atoms with Gasteiger partial charge in [0.25, 0.3) is 5.91 Å². The van der Waals surface area contributed by atoms with Gasteiger partial charge in [0.05, 0.1) is 17.4 Å². The fraction of sp³-hybridized carbons (Fsp3) is 0.308. The van der Waals surface area contributed by atoms with E-state index in [1.54, 1.807) is 0 Å². The van der Waals surface area contributed by atoms with Crippen molar-refractivity contribution >= 4 is 35.4 Å². The summed E-state index contributed by atoms with van der Waals surface area (Å²) in [5.41, 5.74) is 11.4. The van der Waals surface area contributed by atoms with E-state index in [-0.39, 0.29) is 23.9 Å². The Kier molecular flexibility index (Phi) is 4.66. The number of hydrogen-bond donors (Lipinski definition) is 5. The highest BCUT2D eigenvalue weighted by Gasteiger charge is 2.23. The molecule has 1 atom stereocenters. The quantitative estimate of drug-likeness (QED) is 0.382. The Morgan fingerprint density at radius 1 is 1.59 bits per heavy atom. The summed E-state index contributed by atoms with van der Waals surface area (Å²) >= 11 is 0. The largest absolute Gasteiger partial charge is 0.387 e. The van der Waals surface area contributed by atoms with Crippen molar-refractivity contribution in [1.29, 1.82) is 5.41 Å². The van der Waals surface area contributed by atoms with Crippen molar-refractivity contribution in [3.63, 3.8) is 0 Å². The number of anilines is 1. The van der Waals surface area contributed by atoms with Gasteiger partial charge in [-0.05, 0) is 12.5 Å². The first kappa shape index (κ1) is 15.4. The number of nitrogens with one attached hydrogen (secondary N) is 3. The molecule has 9 nitrogen and oxygen atoms in total. The van der Waals surface area contributed by atoms with E-state index in [1.807, 2.05) is 0 Å². The van der Waals surface area contributed by atoms with E-state index in [4.69, 9.17) is 16.9 Å². The van der Waals surface area contributed by atoms with Crippen LogP contribution >= 0.6 is 0 Å². The van der Waals surface area contributed by atoms with Gasteiger partial charge in [-0.3, -0.25) is 20.0 Å². The summed E-state index contributed by atoms with van der Waals surface area (Å²) in [7, 11) is 0. The molecule has 9 heteroatoms. The predicted molar refractivity (Wildman–Crippen MR) is 83.4 cm³/mol. The normalized spacial score (nSPS) is 17.5. The van der Waals surface area contributed by atoms with Crippen LogP contribution < -0.4 is 16.8 Å². The molecule has 0 saturated carbocycles. The van der Waals surface area contributed by atoms with Gasteiger partial charge in [0.15, 0.2) is 0 Å². The third-order valence-corrected chi connectivity index (χ3v) is 3.00. The highest BCUT2D eigenvalue weighted by molar-refractivity contribution is 6.03. The minimum absolute atomic E-state index is 0.0765. The molecule has 116 valence electrons. The second-order valence-corrected chi connectivity index (χ2v) is 4.81. The Hall–Kier alpha value is -2.97. The van der Waals surface area contributed by atoms with Crippen molar-refractivity contribution in [3.05, 3.63) is 18.0 Å². The van der Waals surface area contributed by atoms with Crippen LogP contribution in [0.5, 0.6) is 0 Å². The van der Waals surface area contributed by atoms with Gasteiger partial charge in [0, 0.05) is 25.3 Å². The number of H-pyrrole nitrogens is 1. The lowest BCUT2D eigenvalue weighted by atomic mass is 10.2. The lowest BCUT2D eigenvalue weighted by Crippen LogP contribution is -2.24. The molecule has 2 rings (SSSR count). The van der Waals surface area contributed by atoms with E-state index < -0.39 is 11.9 Å². The van der Waals surface area contributed by atoms with Crippen molar-refractivity contribution in [3.8, 4) is 0 Å². The first-order chi connectivity index (χ1) is 10.5. The van der Waals surface area contributed by atoms with Gasteiger partial charge in [0.1, 0.15) is 11.7 Å². The molecule has 0 radical (unpaired) electrons. The summed E-state index contributed by atoms with van der Waals surface area (Å²) in [4.78, 5) is 34.1. The molecule has 1 unspecified atom stereocenters. The van der Waals surface area contributed by atoms with E-state index in [0.717, 1.165) is 0 Å². The molecular formula is C13H17N7O2. The molecule has 0 bridgehead atoms. The fourth-order valence-corrected chi connectivity index (χ4v) is 1.92. The van der Waals surface area contributed by atoms with Crippen molar-refractivity contribution in [2.45, 2.75) is 25.3 Å². The van der Waals surface area contributed by atoms with Gasteiger partial charge < -0.3 is 21.8 Å². The molecule has 2 amide bonds. The minimum atomic E-state index is -0.509. The second-order valence-electron chi connectivity index (χ2n) is 4.81. The minimum Gasteiger partial charge on any atom is -0.387 e. The molecule has 1 aromatic heterocycles. The first-order valence-electron chi connectivity index (χ1n) is 6.67. The average Bonchev–Trinajstić information content (AvgIpc) is 3.07. The summed E-state index contributed by atoms with van der Waals surface area (Å²) in [6.45, 7) is 0. The number of nitrogens with two attached hydrogens (primary N) is 2. The topological polar surface area (TPSA) is 163 Å². The summed E-state index contributed by atoms with van der Waals surface area (Å²) in [5, 5.41) is 9.68. The molecule has 0 aliphatic carbocycles. The van der Waals surface area contributed by atoms with E-state index in [1.165, 1.54) is 18.5 Å². The number of amides is 2. The van der Waals surface area contributed by atoms with Crippen molar-refractivity contribution < 1.29 is 9.59 Å². The van der Waals surface area contributed by atoms with Crippen molar-refractivity contribution in [2.24, 2.45) is 21.5 Å². The lowest BCUT2D eigenvalue weighted by Gasteiger charge is -2.05. The highest BCUT2D eigenvalue weighted by atomic mass is 16.2. The number of carbonyl (C=O) groups is 2. The number of carbonyl (C=O) groups excluding carboxylic acids is 2. The second kappa shape index (κ2) is 6.66. The van der Waals surface area contributed by atoms with E-state index in [9.17, 15) is 9.59 Å². The van der Waals surface area contributed by atoms with Gasteiger partial charge >= 0.3 is 0 Å². The zero-order chi connectivity index (χ0) is 16.1. The van der Waals surface area contributed by atoms with E-state index >= 15 is 0 Å². The molecule has 0 saturated heterocycles. The Morgan fingerprint density at radius 2 is 2.36 bits per heavy atom. The maximum Gasteiger partial charge on any atom is 0.293 e. The van der Waals surface area contributed by atoms with Gasteiger partial charge in [-0.25, -0.2) is 4.99 Å². The molecule has 22 heavy (non-hydrogen) atoms. The molecular weight excluding hydrogens is 286 g/mol. The van der Waals surface area contributed by atoms with Crippen LogP contribution in [-0.2, 0) is 4.79 Å². The number of aromatic amines is 1. The van der Waals surface area contributed by atoms with Crippen molar-refractivity contribution in [2.75, 3.05) is 5.32 Å². The zero-order valence-electron chi connectivity index (χ0n) is 11.8. The molecule has 7 N–H and O–H groups in total. The molecule has 0 fully saturated rings. The third kappa shape index (κ3) is 4.01. The summed E-state index contributed by atoms with van der Waals surface area (Å²) in [5.74, 6) is -0.374. The molecule has 0 spiro atoms. The van der Waals surface area contributed by atoms with Gasteiger partial charge in [-0.15, -0.1) is 0 Å². The molecule has 1 aliphatic rings. The maximum atomic E-state index is 11.9. The maximum absolute atomic E-state index is 11.9. The highest BCUT2D eigenvalue weighted by Crippen LogP contribution is 2.15. The standard InChI is InChI=1S/C13H17N7O2/c14-10(15)3-4-17-12(21)9-5-7(6-18-9)19-13(22)8-1-2-11(16)20-8/h4-6,8,18H,1-3H2,(H3,14,15)(H2,16,20)(H,19,22). The van der Waals surface area contributed by atoms with Crippen LogP contribution in [0.1, 0.15) is 29.8 Å². The van der Waals surface area contributed by atoms with Gasteiger partial charge in [-0.2, -0.15) is 0 Å². The lowest BCUT2D eigenvalue weighted by molar-refractivity contribution is -0.117. The summed E-state index contributed by atoms with van der Waals surface area (Å²) < 4.78 is 0. The third-order valence-electron chi connectivity index (χ3n) is 3.00. The summed E-state index contributed by atoms with van der Waals surface area (Å²) in [6, 6.07) is 0.996. The van der Waals surface area contributed by atoms with Crippen molar-refractivity contribution in [1.82, 2.24) is 4.98 Å². The summed E-state index contributed by atoms with van der Waals surface area (Å²) in [6.07, 6.45) is 4.06. The predicted octanol–water partition coefficient (Wildman–Crippen LogP) is 0.00987. The first-order valence-corrected chi connectivity index (χ1v) is 6.67. The zero-order valence-corrected chi connectivity index (χ0v) is 11.8. The van der Waals surface area contributed by atoms with Crippen LogP contribution in [0, 0.1) is 5.41 Å². The average molecular weight is 303 g/mol. The molecule has 1 aliphatic heterocycles. The fourth-order valence-electron chi connectivity index (χ4n) is 1.92. The van der Waals surface area contributed by atoms with Crippen LogP contribution in [-0.4, -0.2) is 40.7 Å². The SMILES string of the molecule is N=C(N)CC=NC(=O)c1cc(NC(=O)C2CCC(N)=N2)c[nH]1. The van der Waals surface area contributed by atoms with E-state index in [2.05, 4.69) is 20.3 Å². The Morgan fingerprint density at radius 3 is 3.00 bits per heavy atom. The van der Waals surface area contributed by atoms with Crippen LogP contribution in [0.3, 0.4) is 0 Å². The number of nitrogens with zero attached hydrogens (tertiary/aromatic N) is 2.